The van der Waals surface area contributed by atoms with Gasteiger partial charge >= 0.3 is 13.6 Å². The minimum Gasteiger partial charge on any atom is -0.463 e. The van der Waals surface area contributed by atoms with E-state index in [1.807, 2.05) is 0 Å². The van der Waals surface area contributed by atoms with Crippen molar-refractivity contribution in [1.82, 2.24) is 0 Å². The van der Waals surface area contributed by atoms with Gasteiger partial charge in [0, 0.05) is 6.42 Å². The molecular formula is C14H27O5P. The molecule has 1 rings (SSSR count). The van der Waals surface area contributed by atoms with Crippen LogP contribution in [0.5, 0.6) is 0 Å². The molecule has 2 atom stereocenters. The van der Waals surface area contributed by atoms with Crippen LogP contribution < -0.4 is 0 Å². The van der Waals surface area contributed by atoms with Crippen LogP contribution in [0.2, 0.25) is 0 Å². The summed E-state index contributed by atoms with van der Waals surface area (Å²) in [5, 5.41) is 0. The summed E-state index contributed by atoms with van der Waals surface area (Å²) >= 11 is 0. The molecular weight excluding hydrogens is 279 g/mol. The van der Waals surface area contributed by atoms with Gasteiger partial charge in [-0.15, -0.1) is 0 Å². The lowest BCUT2D eigenvalue weighted by molar-refractivity contribution is -0.146. The number of ether oxygens (including phenoxy) is 1. The number of esters is 1. The van der Waals surface area contributed by atoms with E-state index in [2.05, 4.69) is 6.92 Å². The van der Waals surface area contributed by atoms with Gasteiger partial charge in [0.1, 0.15) is 12.7 Å². The van der Waals surface area contributed by atoms with Crippen molar-refractivity contribution in [2.24, 2.45) is 0 Å². The molecule has 1 saturated heterocycles. The molecule has 1 N–H and O–H groups in total. The number of hydrogen-bond donors (Lipinski definition) is 1. The van der Waals surface area contributed by atoms with Gasteiger partial charge in [-0.25, -0.2) is 0 Å². The molecule has 0 bridgehead atoms. The predicted molar refractivity (Wildman–Crippen MR) is 77.8 cm³/mol. The fourth-order valence-electron chi connectivity index (χ4n) is 2.24. The van der Waals surface area contributed by atoms with Crippen LogP contribution >= 0.6 is 7.60 Å². The molecule has 118 valence electrons. The fraction of sp³-hybridized carbons (Fsp3) is 0.929. The Bertz CT molecular complexity index is 332. The highest BCUT2D eigenvalue weighted by Gasteiger charge is 2.33. The third-order valence-electron chi connectivity index (χ3n) is 3.46. The molecule has 6 heteroatoms. The Labute approximate surface area is 121 Å². The van der Waals surface area contributed by atoms with E-state index in [1.165, 1.54) is 32.1 Å². The number of rotatable bonds is 10. The van der Waals surface area contributed by atoms with Crippen molar-refractivity contribution in [3.05, 3.63) is 0 Å². The van der Waals surface area contributed by atoms with Crippen LogP contribution in [0.25, 0.3) is 0 Å². The Morgan fingerprint density at radius 3 is 2.50 bits per heavy atom. The van der Waals surface area contributed by atoms with E-state index in [1.54, 1.807) is 0 Å². The summed E-state index contributed by atoms with van der Waals surface area (Å²) in [6.45, 7) is 2.29. The number of hydrogen-bond acceptors (Lipinski definition) is 4. The van der Waals surface area contributed by atoms with Crippen molar-refractivity contribution in [3.63, 3.8) is 0 Å². The molecule has 0 saturated carbocycles. The molecule has 2 unspecified atom stereocenters. The van der Waals surface area contributed by atoms with Crippen LogP contribution in [0.1, 0.15) is 64.7 Å². The van der Waals surface area contributed by atoms with Crippen LogP contribution in [0.15, 0.2) is 0 Å². The lowest BCUT2D eigenvalue weighted by atomic mass is 10.1. The molecule has 1 aliphatic heterocycles. The zero-order chi connectivity index (χ0) is 14.8. The Morgan fingerprint density at radius 2 is 1.90 bits per heavy atom. The second-order valence-electron chi connectivity index (χ2n) is 5.43. The summed E-state index contributed by atoms with van der Waals surface area (Å²) in [6, 6.07) is 0. The molecule has 0 aliphatic carbocycles. The smallest absolute Gasteiger partial charge is 0.328 e. The summed E-state index contributed by atoms with van der Waals surface area (Å²) in [5.74, 6) is -0.234. The van der Waals surface area contributed by atoms with Gasteiger partial charge in [0.2, 0.25) is 0 Å². The standard InChI is InChI=1S/C14H27O5P/c1-2-3-4-5-6-7-8-9-14(15)18-12-13-10-11-20(16,17)19-13/h13H,2-12H2,1H3,(H,16,17). The highest BCUT2D eigenvalue weighted by Crippen LogP contribution is 2.50. The molecule has 1 heterocycles. The average molecular weight is 306 g/mol. The van der Waals surface area contributed by atoms with Crippen LogP contribution in [0.4, 0.5) is 0 Å². The lowest BCUT2D eigenvalue weighted by Gasteiger charge is -2.10. The normalized spacial score (nSPS) is 25.8. The van der Waals surface area contributed by atoms with Crippen LogP contribution in [-0.2, 0) is 18.6 Å². The van der Waals surface area contributed by atoms with Crippen molar-refractivity contribution < 1.29 is 23.5 Å². The van der Waals surface area contributed by atoms with E-state index < -0.39 is 13.7 Å². The first kappa shape index (κ1) is 17.7. The van der Waals surface area contributed by atoms with E-state index in [9.17, 15) is 14.3 Å². The van der Waals surface area contributed by atoms with Crippen LogP contribution in [-0.4, -0.2) is 29.7 Å². The van der Waals surface area contributed by atoms with Crippen molar-refractivity contribution in [2.75, 3.05) is 12.8 Å². The molecule has 1 aliphatic rings. The van der Waals surface area contributed by atoms with E-state index in [0.717, 1.165) is 12.8 Å². The Kier molecular flexibility index (Phi) is 8.43. The van der Waals surface area contributed by atoms with Gasteiger partial charge in [-0.2, -0.15) is 0 Å². The van der Waals surface area contributed by atoms with Crippen molar-refractivity contribution in [3.8, 4) is 0 Å². The summed E-state index contributed by atoms with van der Waals surface area (Å²) in [6.07, 6.45) is 8.80. The topological polar surface area (TPSA) is 72.8 Å². The lowest BCUT2D eigenvalue weighted by Crippen LogP contribution is -2.17. The van der Waals surface area contributed by atoms with Crippen molar-refractivity contribution in [1.29, 1.82) is 0 Å². The Hall–Kier alpha value is -0.380. The first-order chi connectivity index (χ1) is 9.53. The van der Waals surface area contributed by atoms with E-state index in [0.29, 0.717) is 12.8 Å². The first-order valence-electron chi connectivity index (χ1n) is 7.69. The maximum Gasteiger partial charge on any atom is 0.328 e. The van der Waals surface area contributed by atoms with Gasteiger partial charge in [0.15, 0.2) is 0 Å². The summed E-state index contributed by atoms with van der Waals surface area (Å²) < 4.78 is 21.2. The molecule has 0 aromatic carbocycles. The molecule has 5 nitrogen and oxygen atoms in total. The summed E-state index contributed by atoms with van der Waals surface area (Å²) in [5.41, 5.74) is 0. The quantitative estimate of drug-likeness (QED) is 0.379. The molecule has 0 radical (unpaired) electrons. The van der Waals surface area contributed by atoms with Crippen LogP contribution in [0.3, 0.4) is 0 Å². The van der Waals surface area contributed by atoms with Crippen LogP contribution in [0, 0.1) is 0 Å². The van der Waals surface area contributed by atoms with Gasteiger partial charge in [0.25, 0.3) is 0 Å². The maximum absolute atomic E-state index is 11.5. The van der Waals surface area contributed by atoms with Gasteiger partial charge in [-0.1, -0.05) is 45.4 Å². The van der Waals surface area contributed by atoms with E-state index in [4.69, 9.17) is 9.26 Å². The molecule has 0 amide bonds. The second kappa shape index (κ2) is 9.54. The van der Waals surface area contributed by atoms with Gasteiger partial charge in [-0.05, 0) is 12.8 Å². The average Bonchev–Trinajstić information content (AvgIpc) is 2.75. The minimum absolute atomic E-state index is 0.0971. The zero-order valence-electron chi connectivity index (χ0n) is 12.4. The second-order valence-corrected chi connectivity index (χ2v) is 7.36. The third-order valence-corrected chi connectivity index (χ3v) is 4.91. The highest BCUT2D eigenvalue weighted by atomic mass is 31.2. The third kappa shape index (κ3) is 8.03. The number of carbonyl (C=O) groups excluding carboxylic acids is 1. The fourth-order valence-corrected chi connectivity index (χ4v) is 3.60. The number of unbranched alkanes of at least 4 members (excludes halogenated alkanes) is 6. The van der Waals surface area contributed by atoms with Crippen molar-refractivity contribution >= 4 is 13.6 Å². The van der Waals surface area contributed by atoms with Gasteiger partial charge < -0.3 is 14.2 Å². The first-order valence-corrected chi connectivity index (χ1v) is 9.45. The SMILES string of the molecule is CCCCCCCCCC(=O)OCC1CCP(=O)(O)O1. The molecule has 0 aromatic heterocycles. The predicted octanol–water partition coefficient (Wildman–Crippen LogP) is 3.64. The highest BCUT2D eigenvalue weighted by molar-refractivity contribution is 7.53. The summed E-state index contributed by atoms with van der Waals surface area (Å²) in [7, 11) is -3.39. The molecule has 1 fully saturated rings. The van der Waals surface area contributed by atoms with Crippen molar-refractivity contribution in [2.45, 2.75) is 70.8 Å². The molecule has 0 spiro atoms. The number of carbonyl (C=O) groups is 1. The largest absolute Gasteiger partial charge is 0.463 e. The molecule has 20 heavy (non-hydrogen) atoms. The Morgan fingerprint density at radius 1 is 1.25 bits per heavy atom. The minimum atomic E-state index is -3.39. The maximum atomic E-state index is 11.5. The monoisotopic (exact) mass is 306 g/mol. The van der Waals surface area contributed by atoms with E-state index >= 15 is 0 Å². The van der Waals surface area contributed by atoms with E-state index in [-0.39, 0.29) is 18.7 Å². The summed E-state index contributed by atoms with van der Waals surface area (Å²) in [4.78, 5) is 20.7. The van der Waals surface area contributed by atoms with Gasteiger partial charge in [0.05, 0.1) is 6.16 Å². The van der Waals surface area contributed by atoms with Gasteiger partial charge in [-0.3, -0.25) is 9.36 Å². The zero-order valence-corrected chi connectivity index (χ0v) is 13.3. The Balaban J connectivity index is 1.94. The molecule has 0 aromatic rings.